The Morgan fingerprint density at radius 3 is 2.82 bits per heavy atom. The van der Waals surface area contributed by atoms with Gasteiger partial charge in [0.1, 0.15) is 5.82 Å². The number of hydrogen-bond donors (Lipinski definition) is 1. The summed E-state index contributed by atoms with van der Waals surface area (Å²) in [5.41, 5.74) is 0.169. The summed E-state index contributed by atoms with van der Waals surface area (Å²) in [5.74, 6) is -1.09. The quantitative estimate of drug-likeness (QED) is 0.896. The van der Waals surface area contributed by atoms with Crippen LogP contribution in [0.3, 0.4) is 0 Å². The molecule has 0 spiro atoms. The van der Waals surface area contributed by atoms with E-state index in [4.69, 9.17) is 16.7 Å². The van der Waals surface area contributed by atoms with Gasteiger partial charge in [-0.15, -0.1) is 0 Å². The van der Waals surface area contributed by atoms with Crippen LogP contribution in [0.5, 0.6) is 0 Å². The standard InChI is InChI=1S/C14H18ClFN2O3S/c15-12-4-1-5-13(16)11(12)7-14(19)18-6-2-3-10(8-18)9-22(17,20)21/h1,4-5,10H,2-3,6-9H2,(H2,17,20,21). The van der Waals surface area contributed by atoms with Crippen molar-refractivity contribution in [1.29, 1.82) is 0 Å². The van der Waals surface area contributed by atoms with Gasteiger partial charge in [-0.1, -0.05) is 17.7 Å². The van der Waals surface area contributed by atoms with E-state index in [1.54, 1.807) is 4.90 Å². The number of likely N-dealkylation sites (tertiary alicyclic amines) is 1. The number of nitrogens with two attached hydrogens (primary N) is 1. The van der Waals surface area contributed by atoms with Gasteiger partial charge in [-0.2, -0.15) is 0 Å². The van der Waals surface area contributed by atoms with Crippen molar-refractivity contribution in [1.82, 2.24) is 4.90 Å². The van der Waals surface area contributed by atoms with Gasteiger partial charge in [0.05, 0.1) is 12.2 Å². The van der Waals surface area contributed by atoms with Gasteiger partial charge in [0, 0.05) is 23.7 Å². The minimum atomic E-state index is -3.56. The number of primary sulfonamides is 1. The van der Waals surface area contributed by atoms with Crippen LogP contribution in [0.25, 0.3) is 0 Å². The molecule has 0 radical (unpaired) electrons. The molecule has 5 nitrogen and oxygen atoms in total. The van der Waals surface area contributed by atoms with Crippen molar-refractivity contribution >= 4 is 27.5 Å². The molecule has 0 aliphatic carbocycles. The van der Waals surface area contributed by atoms with Crippen molar-refractivity contribution in [2.75, 3.05) is 18.8 Å². The predicted molar refractivity (Wildman–Crippen MR) is 82.4 cm³/mol. The van der Waals surface area contributed by atoms with Crippen LogP contribution < -0.4 is 5.14 Å². The van der Waals surface area contributed by atoms with E-state index in [0.717, 1.165) is 0 Å². The zero-order chi connectivity index (χ0) is 16.3. The first-order chi connectivity index (χ1) is 10.3. The van der Waals surface area contributed by atoms with Gasteiger partial charge in [-0.25, -0.2) is 17.9 Å². The Kier molecular flexibility index (Phi) is 5.41. The molecule has 1 aromatic rings. The first-order valence-corrected chi connectivity index (χ1v) is 9.07. The Bertz CT molecular complexity index is 646. The number of piperidine rings is 1. The number of amides is 1. The highest BCUT2D eigenvalue weighted by Gasteiger charge is 2.27. The summed E-state index contributed by atoms with van der Waals surface area (Å²) >= 11 is 5.92. The third-order valence-corrected chi connectivity index (χ3v) is 5.02. The molecule has 1 amide bonds. The predicted octanol–water partition coefficient (Wildman–Crippen LogP) is 1.55. The first kappa shape index (κ1) is 17.2. The summed E-state index contributed by atoms with van der Waals surface area (Å²) in [6.07, 6.45) is 1.28. The minimum Gasteiger partial charge on any atom is -0.342 e. The summed E-state index contributed by atoms with van der Waals surface area (Å²) in [4.78, 5) is 13.9. The summed E-state index contributed by atoms with van der Waals surface area (Å²) in [6.45, 7) is 0.855. The van der Waals surface area contributed by atoms with Crippen molar-refractivity contribution < 1.29 is 17.6 Å². The fraction of sp³-hybridized carbons (Fsp3) is 0.500. The number of hydrogen-bond acceptors (Lipinski definition) is 3. The lowest BCUT2D eigenvalue weighted by molar-refractivity contribution is -0.132. The van der Waals surface area contributed by atoms with Gasteiger partial charge in [0.25, 0.3) is 0 Å². The monoisotopic (exact) mass is 348 g/mol. The summed E-state index contributed by atoms with van der Waals surface area (Å²) in [6, 6.07) is 4.27. The smallest absolute Gasteiger partial charge is 0.227 e. The maximum atomic E-state index is 13.7. The van der Waals surface area contributed by atoms with E-state index in [-0.39, 0.29) is 34.6 Å². The Labute approximate surface area is 134 Å². The topological polar surface area (TPSA) is 80.5 Å². The molecule has 1 atom stereocenters. The molecule has 1 unspecified atom stereocenters. The van der Waals surface area contributed by atoms with E-state index in [2.05, 4.69) is 0 Å². The SMILES string of the molecule is NS(=O)(=O)CC1CCCN(C(=O)Cc2c(F)cccc2Cl)C1. The van der Waals surface area contributed by atoms with E-state index < -0.39 is 15.8 Å². The number of rotatable bonds is 4. The zero-order valence-electron chi connectivity index (χ0n) is 12.0. The number of sulfonamides is 1. The lowest BCUT2D eigenvalue weighted by atomic mass is 9.99. The van der Waals surface area contributed by atoms with Gasteiger partial charge < -0.3 is 4.90 Å². The van der Waals surface area contributed by atoms with Crippen LogP contribution in [-0.4, -0.2) is 38.1 Å². The van der Waals surface area contributed by atoms with Crippen molar-refractivity contribution in [3.05, 3.63) is 34.6 Å². The molecule has 0 bridgehead atoms. The van der Waals surface area contributed by atoms with Crippen LogP contribution in [0.4, 0.5) is 4.39 Å². The normalized spacial score (nSPS) is 19.2. The van der Waals surface area contributed by atoms with Crippen molar-refractivity contribution in [3.63, 3.8) is 0 Å². The Morgan fingerprint density at radius 2 is 2.18 bits per heavy atom. The second-order valence-electron chi connectivity index (χ2n) is 5.55. The highest BCUT2D eigenvalue weighted by Crippen LogP contribution is 2.22. The summed E-state index contributed by atoms with van der Waals surface area (Å²) in [7, 11) is -3.56. The molecule has 0 aromatic heterocycles. The molecular weight excluding hydrogens is 331 g/mol. The molecule has 1 aliphatic rings. The molecule has 2 N–H and O–H groups in total. The Morgan fingerprint density at radius 1 is 1.45 bits per heavy atom. The lowest BCUT2D eigenvalue weighted by Gasteiger charge is -2.32. The second kappa shape index (κ2) is 6.93. The molecular formula is C14H18ClFN2O3S. The summed E-state index contributed by atoms with van der Waals surface area (Å²) < 4.78 is 36.1. The van der Waals surface area contributed by atoms with Gasteiger partial charge in [0.15, 0.2) is 0 Å². The molecule has 1 aliphatic heterocycles. The lowest BCUT2D eigenvalue weighted by Crippen LogP contribution is -2.43. The van der Waals surface area contributed by atoms with Crippen LogP contribution in [0, 0.1) is 11.7 Å². The van der Waals surface area contributed by atoms with E-state index in [9.17, 15) is 17.6 Å². The van der Waals surface area contributed by atoms with E-state index in [1.807, 2.05) is 0 Å². The number of nitrogens with zero attached hydrogens (tertiary/aromatic N) is 1. The van der Waals surface area contributed by atoms with Crippen LogP contribution in [0.1, 0.15) is 18.4 Å². The summed E-state index contributed by atoms with van der Waals surface area (Å²) in [5, 5.41) is 5.27. The largest absolute Gasteiger partial charge is 0.342 e. The Hall–Kier alpha value is -1.18. The molecule has 22 heavy (non-hydrogen) atoms. The first-order valence-electron chi connectivity index (χ1n) is 6.97. The molecule has 1 saturated heterocycles. The molecule has 1 aromatic carbocycles. The number of halogens is 2. The van der Waals surface area contributed by atoms with Crippen LogP contribution in [0.2, 0.25) is 5.02 Å². The fourth-order valence-electron chi connectivity index (χ4n) is 2.72. The highest BCUT2D eigenvalue weighted by molar-refractivity contribution is 7.89. The molecule has 0 saturated carbocycles. The molecule has 8 heteroatoms. The maximum Gasteiger partial charge on any atom is 0.227 e. The van der Waals surface area contributed by atoms with Crippen molar-refractivity contribution in [3.8, 4) is 0 Å². The third kappa shape index (κ3) is 4.66. The van der Waals surface area contributed by atoms with E-state index >= 15 is 0 Å². The number of carbonyl (C=O) groups excluding carboxylic acids is 1. The average Bonchev–Trinajstić information content (AvgIpc) is 2.41. The van der Waals surface area contributed by atoms with Gasteiger partial charge in [0.2, 0.25) is 15.9 Å². The fourth-order valence-corrected chi connectivity index (χ4v) is 3.88. The zero-order valence-corrected chi connectivity index (χ0v) is 13.5. The maximum absolute atomic E-state index is 13.7. The van der Waals surface area contributed by atoms with Gasteiger partial charge >= 0.3 is 0 Å². The van der Waals surface area contributed by atoms with Crippen LogP contribution in [0.15, 0.2) is 18.2 Å². The van der Waals surface area contributed by atoms with Gasteiger partial charge in [-0.05, 0) is 30.9 Å². The van der Waals surface area contributed by atoms with Crippen molar-refractivity contribution in [2.45, 2.75) is 19.3 Å². The molecule has 122 valence electrons. The number of carbonyl (C=O) groups is 1. The van der Waals surface area contributed by atoms with Crippen LogP contribution >= 0.6 is 11.6 Å². The van der Waals surface area contributed by atoms with Crippen LogP contribution in [-0.2, 0) is 21.2 Å². The Balaban J connectivity index is 2.03. The minimum absolute atomic E-state index is 0.131. The average molecular weight is 349 g/mol. The third-order valence-electron chi connectivity index (χ3n) is 3.73. The highest BCUT2D eigenvalue weighted by atomic mass is 35.5. The second-order valence-corrected chi connectivity index (χ2v) is 7.62. The van der Waals surface area contributed by atoms with Crippen molar-refractivity contribution in [2.24, 2.45) is 11.1 Å². The number of benzene rings is 1. The molecule has 1 fully saturated rings. The molecule has 2 rings (SSSR count). The van der Waals surface area contributed by atoms with E-state index in [1.165, 1.54) is 18.2 Å². The van der Waals surface area contributed by atoms with E-state index in [0.29, 0.717) is 25.9 Å². The van der Waals surface area contributed by atoms with Gasteiger partial charge in [-0.3, -0.25) is 4.79 Å². The molecule has 1 heterocycles.